The van der Waals surface area contributed by atoms with Gasteiger partial charge in [0.25, 0.3) is 14.4 Å². The van der Waals surface area contributed by atoms with Crippen LogP contribution in [0.3, 0.4) is 0 Å². The number of nitrogens with zero attached hydrogens (tertiary/aromatic N) is 3. The number of carbonyl (C=O) groups excluding carboxylic acids is 4. The van der Waals surface area contributed by atoms with Crippen molar-refractivity contribution in [1.82, 2.24) is 9.99 Å². The number of benzene rings is 6. The first kappa shape index (κ1) is 64.2. The fraction of sp³-hybridized carbons (Fsp3) is 0.369. The Bertz CT molecular complexity index is 3500. The number of amides is 3. The van der Waals surface area contributed by atoms with Gasteiger partial charge in [0, 0.05) is 72.5 Å². The van der Waals surface area contributed by atoms with Gasteiger partial charge in [0.05, 0.1) is 54.3 Å². The van der Waals surface area contributed by atoms with Crippen LogP contribution in [0, 0.1) is 12.5 Å². The number of carbonyl (C=O) groups is 4. The minimum atomic E-state index is -5.21. The summed E-state index contributed by atoms with van der Waals surface area (Å²) in [6, 6.07) is 34.1. The van der Waals surface area contributed by atoms with Crippen molar-refractivity contribution in [3.8, 4) is 23.0 Å². The van der Waals surface area contributed by atoms with E-state index in [1.165, 1.54) is 31.2 Å². The number of halogens is 5. The zero-order valence-electron chi connectivity index (χ0n) is 49.1. The molecule has 3 aliphatic rings. The summed E-state index contributed by atoms with van der Waals surface area (Å²) < 4.78 is 86.9. The summed E-state index contributed by atoms with van der Waals surface area (Å²) in [5.41, 5.74) is 0.657. The van der Waals surface area contributed by atoms with Crippen LogP contribution in [0.5, 0.6) is 23.0 Å². The van der Waals surface area contributed by atoms with E-state index in [-0.39, 0.29) is 112 Å². The minimum Gasteiger partial charge on any atom is -0.497 e. The SMILES string of the molecule is [C-]#[N+]CCOP(OCC(CCCCNC(=O)c1cc(Cl)c2c(c1Cl)C(=O)OC21c2ccc(NC(=O)C(F)(F)F)cc2Oc2cc3c(cc21)CCCN3C(C)=O)COC(c1ccccc1)(c1ccc(OC)cc1)c1ccc(OC)cc1)N(C(C)C)C(C)C. The molecule has 1 spiro atoms. The van der Waals surface area contributed by atoms with Gasteiger partial charge >= 0.3 is 18.1 Å². The molecule has 9 rings (SSSR count). The first-order chi connectivity index (χ1) is 41.7. The van der Waals surface area contributed by atoms with Gasteiger partial charge in [-0.05, 0) is 124 Å². The Morgan fingerprint density at radius 1 is 0.828 bits per heavy atom. The second kappa shape index (κ2) is 27.4. The number of rotatable bonds is 24. The molecule has 3 amide bonds. The van der Waals surface area contributed by atoms with E-state index in [2.05, 4.69) is 42.5 Å². The summed E-state index contributed by atoms with van der Waals surface area (Å²) in [6.45, 7) is 18.5. The highest BCUT2D eigenvalue weighted by Gasteiger charge is 2.57. The standard InChI is InChI=1S/C65H67Cl2F3N5O11P/c1-39(2)75(40(3)4)87(83-32-30-71-6)84-38-42(37-82-63(44-17-10-9-11-18-44,45-19-24-48(80-7)25-20-45)46-21-26-49(81-8)27-22-46)15-12-13-29-72-60(77)50-35-53(66)58-57(59(50)67)61(78)86-64(58)51-28-23-47(73-62(79)65(68,69)70)34-55(51)85-56-36-54-43(33-52(56)64)16-14-31-74(54)41(5)76/h9-11,17-28,33-36,39-40,42H,12-16,29-32,37-38H2,1-5,7-8H3,(H,72,77)(H,73,79). The van der Waals surface area contributed by atoms with Crippen LogP contribution in [-0.2, 0) is 45.7 Å². The topological polar surface area (TPSA) is 168 Å². The maximum absolute atomic E-state index is 14.5. The molecule has 0 radical (unpaired) electrons. The first-order valence-corrected chi connectivity index (χ1v) is 30.4. The number of nitrogens with one attached hydrogen (secondary N) is 2. The highest BCUT2D eigenvalue weighted by molar-refractivity contribution is 7.44. The van der Waals surface area contributed by atoms with Crippen LogP contribution >= 0.6 is 31.7 Å². The van der Waals surface area contributed by atoms with Crippen LogP contribution in [-0.4, -0.2) is 100 Å². The molecule has 0 bridgehead atoms. The Morgan fingerprint density at radius 2 is 1.47 bits per heavy atom. The summed E-state index contributed by atoms with van der Waals surface area (Å²) in [5.74, 6) is -2.93. The first-order valence-electron chi connectivity index (χ1n) is 28.5. The van der Waals surface area contributed by atoms with E-state index in [9.17, 15) is 32.3 Å². The van der Waals surface area contributed by atoms with Crippen molar-refractivity contribution in [2.75, 3.05) is 63.9 Å². The Labute approximate surface area is 515 Å². The third-order valence-electron chi connectivity index (χ3n) is 15.5. The quantitative estimate of drug-likeness (QED) is 0.0194. The van der Waals surface area contributed by atoms with Gasteiger partial charge < -0.3 is 53.1 Å². The number of alkyl halides is 3. The third kappa shape index (κ3) is 13.3. The van der Waals surface area contributed by atoms with Crippen LogP contribution in [0.25, 0.3) is 4.85 Å². The number of unbranched alkanes of at least 4 members (excludes halogenated alkanes) is 1. The molecule has 22 heteroatoms. The molecule has 458 valence electrons. The average Bonchev–Trinajstić information content (AvgIpc) is 1.62. The lowest BCUT2D eigenvalue weighted by Crippen LogP contribution is -2.36. The fourth-order valence-corrected chi connectivity index (χ4v) is 13.9. The van der Waals surface area contributed by atoms with Gasteiger partial charge in [-0.1, -0.05) is 84.2 Å². The van der Waals surface area contributed by atoms with Crippen molar-refractivity contribution in [2.45, 2.75) is 96.2 Å². The van der Waals surface area contributed by atoms with Gasteiger partial charge in [0.15, 0.2) is 5.60 Å². The third-order valence-corrected chi connectivity index (χ3v) is 18.3. The number of esters is 1. The Hall–Kier alpha value is -7.27. The molecule has 0 saturated carbocycles. The fourth-order valence-electron chi connectivity index (χ4n) is 11.6. The van der Waals surface area contributed by atoms with E-state index >= 15 is 0 Å². The molecule has 6 aromatic carbocycles. The van der Waals surface area contributed by atoms with Crippen LogP contribution in [0.2, 0.25) is 10.0 Å². The van der Waals surface area contributed by atoms with Crippen molar-refractivity contribution >= 4 is 66.8 Å². The van der Waals surface area contributed by atoms with Crippen LogP contribution < -0.4 is 29.7 Å². The summed E-state index contributed by atoms with van der Waals surface area (Å²) in [7, 11) is 1.61. The predicted octanol–water partition coefficient (Wildman–Crippen LogP) is 14.2. The number of hydrogen-bond acceptors (Lipinski definition) is 12. The highest BCUT2D eigenvalue weighted by Crippen LogP contribution is 2.60. The number of aryl methyl sites for hydroxylation is 1. The average molecular weight is 1250 g/mol. The van der Waals surface area contributed by atoms with E-state index < -0.39 is 43.7 Å². The van der Waals surface area contributed by atoms with Gasteiger partial charge in [0.1, 0.15) is 35.2 Å². The molecular weight excluding hydrogens is 1190 g/mol. The molecule has 6 aromatic rings. The molecular formula is C65H67Cl2F3N5O11P. The number of anilines is 2. The van der Waals surface area contributed by atoms with E-state index in [0.717, 1.165) is 22.3 Å². The molecule has 0 saturated heterocycles. The normalized spacial score (nSPS) is 15.8. The van der Waals surface area contributed by atoms with Crippen LogP contribution in [0.1, 0.15) is 120 Å². The van der Waals surface area contributed by atoms with Gasteiger partial charge in [-0.15, -0.1) is 0 Å². The summed E-state index contributed by atoms with van der Waals surface area (Å²) in [4.78, 5) is 58.8. The van der Waals surface area contributed by atoms with E-state index in [4.69, 9.17) is 62.5 Å². The van der Waals surface area contributed by atoms with Crippen molar-refractivity contribution in [3.05, 3.63) is 187 Å². The van der Waals surface area contributed by atoms with Crippen molar-refractivity contribution < 1.29 is 65.1 Å². The predicted molar refractivity (Wildman–Crippen MR) is 326 cm³/mol. The monoisotopic (exact) mass is 1250 g/mol. The lowest BCUT2D eigenvalue weighted by Gasteiger charge is -2.39. The summed E-state index contributed by atoms with van der Waals surface area (Å²) >= 11 is 14.4. The number of ether oxygens (including phenoxy) is 5. The van der Waals surface area contributed by atoms with Gasteiger partial charge in [-0.3, -0.25) is 14.4 Å². The van der Waals surface area contributed by atoms with Gasteiger partial charge in [0.2, 0.25) is 12.5 Å². The molecule has 3 aliphatic heterocycles. The van der Waals surface area contributed by atoms with E-state index in [1.807, 2.05) is 84.2 Å². The zero-order chi connectivity index (χ0) is 62.4. The number of hydrogen-bond donors (Lipinski definition) is 2. The second-order valence-electron chi connectivity index (χ2n) is 21.8. The maximum Gasteiger partial charge on any atom is 0.471 e. The highest BCUT2D eigenvalue weighted by atomic mass is 35.5. The Kier molecular flexibility index (Phi) is 20.2. The molecule has 0 aliphatic carbocycles. The molecule has 3 heterocycles. The lowest BCUT2D eigenvalue weighted by molar-refractivity contribution is -0.167. The zero-order valence-corrected chi connectivity index (χ0v) is 51.6. The second-order valence-corrected chi connectivity index (χ2v) is 24.0. The van der Waals surface area contributed by atoms with Crippen LogP contribution in [0.4, 0.5) is 24.5 Å². The van der Waals surface area contributed by atoms with Crippen molar-refractivity contribution in [1.29, 1.82) is 0 Å². The number of fused-ring (bicyclic) bond motifs is 7. The van der Waals surface area contributed by atoms with Crippen molar-refractivity contribution in [2.24, 2.45) is 5.92 Å². The molecule has 2 N–H and O–H groups in total. The summed E-state index contributed by atoms with van der Waals surface area (Å²) in [6.07, 6.45) is -2.42. The minimum absolute atomic E-state index is 0.0587. The summed E-state index contributed by atoms with van der Waals surface area (Å²) in [5, 5.41) is 4.45. The van der Waals surface area contributed by atoms with Crippen LogP contribution in [0.15, 0.2) is 115 Å². The molecule has 3 atom stereocenters. The molecule has 87 heavy (non-hydrogen) atoms. The molecule has 16 nitrogen and oxygen atoms in total. The van der Waals surface area contributed by atoms with E-state index in [0.29, 0.717) is 55.8 Å². The number of methoxy groups -OCH3 is 2. The molecule has 0 aromatic heterocycles. The maximum atomic E-state index is 14.5. The van der Waals surface area contributed by atoms with Gasteiger partial charge in [-0.25, -0.2) is 16.0 Å². The smallest absolute Gasteiger partial charge is 0.471 e. The Morgan fingerprint density at radius 3 is 2.08 bits per heavy atom. The lowest BCUT2D eigenvalue weighted by atomic mass is 9.76. The van der Waals surface area contributed by atoms with E-state index in [1.54, 1.807) is 31.3 Å². The largest absolute Gasteiger partial charge is 0.497 e. The van der Waals surface area contributed by atoms with Gasteiger partial charge in [-0.2, -0.15) is 13.2 Å². The Balaban J connectivity index is 0.999. The van der Waals surface area contributed by atoms with Crippen molar-refractivity contribution in [3.63, 3.8) is 0 Å². The molecule has 0 fully saturated rings. The molecule has 3 unspecified atom stereocenters.